The third-order valence-corrected chi connectivity index (χ3v) is 7.49. The van der Waals surface area contributed by atoms with E-state index in [0.717, 1.165) is 49.5 Å². The topological polar surface area (TPSA) is 84.3 Å². The molecule has 1 N–H and O–H groups in total. The summed E-state index contributed by atoms with van der Waals surface area (Å²) in [6, 6.07) is 4.78. The summed E-state index contributed by atoms with van der Waals surface area (Å²) in [7, 11) is -3.74. The van der Waals surface area contributed by atoms with E-state index in [0.29, 0.717) is 25.9 Å². The zero-order chi connectivity index (χ0) is 20.4. The summed E-state index contributed by atoms with van der Waals surface area (Å²) in [5.74, 6) is 0.0155. The van der Waals surface area contributed by atoms with Gasteiger partial charge in [-0.1, -0.05) is 0 Å². The van der Waals surface area contributed by atoms with Crippen molar-refractivity contribution in [2.75, 3.05) is 13.1 Å². The SMILES string of the molecule is O=C(NCc1cn2c(n1)CCCC2)C1CCCN(S(=O)(=O)c2ccc(F)cc2)C1. The van der Waals surface area contributed by atoms with Gasteiger partial charge in [0, 0.05) is 32.3 Å². The average molecular weight is 421 g/mol. The van der Waals surface area contributed by atoms with Gasteiger partial charge in [-0.15, -0.1) is 0 Å². The van der Waals surface area contributed by atoms with Crippen molar-refractivity contribution in [2.24, 2.45) is 5.92 Å². The maximum atomic E-state index is 13.1. The molecule has 0 radical (unpaired) electrons. The number of nitrogens with one attached hydrogen (secondary N) is 1. The van der Waals surface area contributed by atoms with Crippen LogP contribution in [-0.4, -0.2) is 41.3 Å². The first-order valence-electron chi connectivity index (χ1n) is 10.0. The number of nitrogens with zero attached hydrogens (tertiary/aromatic N) is 3. The molecule has 1 saturated heterocycles. The molecular weight excluding hydrogens is 395 g/mol. The largest absolute Gasteiger partial charge is 0.350 e. The Kier molecular flexibility index (Phi) is 5.69. The molecule has 0 aliphatic carbocycles. The van der Waals surface area contributed by atoms with Crippen molar-refractivity contribution in [2.45, 2.75) is 50.1 Å². The Hall–Kier alpha value is -2.26. The molecule has 7 nitrogen and oxygen atoms in total. The second kappa shape index (κ2) is 8.23. The van der Waals surface area contributed by atoms with E-state index in [1.165, 1.54) is 16.4 Å². The molecule has 1 atom stereocenters. The van der Waals surface area contributed by atoms with Gasteiger partial charge in [0.05, 0.1) is 23.1 Å². The zero-order valence-corrected chi connectivity index (χ0v) is 17.0. The fourth-order valence-electron chi connectivity index (χ4n) is 4.01. The van der Waals surface area contributed by atoms with Gasteiger partial charge in [-0.2, -0.15) is 4.31 Å². The lowest BCUT2D eigenvalue weighted by molar-refractivity contribution is -0.126. The van der Waals surface area contributed by atoms with E-state index >= 15 is 0 Å². The number of carbonyl (C=O) groups excluding carboxylic acids is 1. The Bertz CT molecular complexity index is 964. The first-order valence-corrected chi connectivity index (χ1v) is 11.5. The second-order valence-corrected chi connectivity index (χ2v) is 9.61. The number of aryl methyl sites for hydroxylation is 2. The zero-order valence-electron chi connectivity index (χ0n) is 16.2. The van der Waals surface area contributed by atoms with Crippen LogP contribution in [0.3, 0.4) is 0 Å². The van der Waals surface area contributed by atoms with Crippen LogP contribution in [0.25, 0.3) is 0 Å². The van der Waals surface area contributed by atoms with Crippen LogP contribution in [0.15, 0.2) is 35.4 Å². The minimum Gasteiger partial charge on any atom is -0.350 e. The van der Waals surface area contributed by atoms with E-state index in [9.17, 15) is 17.6 Å². The minimum absolute atomic E-state index is 0.0450. The molecule has 1 unspecified atom stereocenters. The van der Waals surface area contributed by atoms with Crippen molar-refractivity contribution >= 4 is 15.9 Å². The van der Waals surface area contributed by atoms with Gasteiger partial charge < -0.3 is 9.88 Å². The summed E-state index contributed by atoms with van der Waals surface area (Å²) in [4.78, 5) is 17.3. The van der Waals surface area contributed by atoms with Crippen LogP contribution < -0.4 is 5.32 Å². The molecular formula is C20H25FN4O3S. The van der Waals surface area contributed by atoms with E-state index < -0.39 is 21.8 Å². The number of rotatable bonds is 5. The molecule has 2 aromatic rings. The molecule has 0 saturated carbocycles. The number of amides is 1. The van der Waals surface area contributed by atoms with Gasteiger partial charge in [0.1, 0.15) is 11.6 Å². The van der Waals surface area contributed by atoms with Crippen LogP contribution in [0.2, 0.25) is 0 Å². The summed E-state index contributed by atoms with van der Waals surface area (Å²) in [6.45, 7) is 1.80. The van der Waals surface area contributed by atoms with Crippen molar-refractivity contribution in [1.82, 2.24) is 19.2 Å². The molecule has 0 spiro atoms. The van der Waals surface area contributed by atoms with Gasteiger partial charge in [0.25, 0.3) is 0 Å². The van der Waals surface area contributed by atoms with Crippen LogP contribution in [-0.2, 0) is 34.3 Å². The lowest BCUT2D eigenvalue weighted by Gasteiger charge is -2.31. The summed E-state index contributed by atoms with van der Waals surface area (Å²) in [6.07, 6.45) is 6.49. The normalized spacial score (nSPS) is 20.2. The van der Waals surface area contributed by atoms with E-state index in [2.05, 4.69) is 14.9 Å². The fourth-order valence-corrected chi connectivity index (χ4v) is 5.53. The highest BCUT2D eigenvalue weighted by Crippen LogP contribution is 2.24. The van der Waals surface area contributed by atoms with E-state index in [-0.39, 0.29) is 17.3 Å². The van der Waals surface area contributed by atoms with Crippen LogP contribution >= 0.6 is 0 Å². The summed E-state index contributed by atoms with van der Waals surface area (Å²) >= 11 is 0. The molecule has 29 heavy (non-hydrogen) atoms. The smallest absolute Gasteiger partial charge is 0.243 e. The van der Waals surface area contributed by atoms with Crippen molar-refractivity contribution in [1.29, 1.82) is 0 Å². The molecule has 1 fully saturated rings. The van der Waals surface area contributed by atoms with Gasteiger partial charge in [0.2, 0.25) is 15.9 Å². The highest BCUT2D eigenvalue weighted by molar-refractivity contribution is 7.89. The molecule has 1 aromatic heterocycles. The molecule has 2 aliphatic heterocycles. The van der Waals surface area contributed by atoms with Gasteiger partial charge >= 0.3 is 0 Å². The lowest BCUT2D eigenvalue weighted by Crippen LogP contribution is -2.45. The standard InChI is InChI=1S/C20H25FN4O3S/c21-16-6-8-18(9-7-16)29(27,28)25-11-3-4-15(13-25)20(26)22-12-17-14-24-10-2-1-5-19(24)23-17/h6-9,14-15H,1-5,10-13H2,(H,22,26). The second-order valence-electron chi connectivity index (χ2n) is 7.67. The van der Waals surface area contributed by atoms with E-state index in [1.54, 1.807) is 0 Å². The van der Waals surface area contributed by atoms with E-state index in [4.69, 9.17) is 0 Å². The number of hydrogen-bond acceptors (Lipinski definition) is 4. The number of carbonyl (C=O) groups is 1. The van der Waals surface area contributed by atoms with Crippen molar-refractivity contribution in [3.8, 4) is 0 Å². The van der Waals surface area contributed by atoms with Crippen molar-refractivity contribution in [3.05, 3.63) is 47.8 Å². The number of sulfonamides is 1. The summed E-state index contributed by atoms with van der Waals surface area (Å²) in [5, 5.41) is 2.91. The Labute approximate surface area is 170 Å². The van der Waals surface area contributed by atoms with Gasteiger partial charge in [-0.05, 0) is 49.9 Å². The highest BCUT2D eigenvalue weighted by Gasteiger charge is 2.33. The number of imidazole rings is 1. The third-order valence-electron chi connectivity index (χ3n) is 5.61. The molecule has 2 aliphatic rings. The van der Waals surface area contributed by atoms with Crippen LogP contribution in [0, 0.1) is 11.7 Å². The van der Waals surface area contributed by atoms with Gasteiger partial charge in [-0.3, -0.25) is 4.79 Å². The van der Waals surface area contributed by atoms with E-state index in [1.807, 2.05) is 6.20 Å². The van der Waals surface area contributed by atoms with Crippen molar-refractivity contribution in [3.63, 3.8) is 0 Å². The minimum atomic E-state index is -3.74. The summed E-state index contributed by atoms with van der Waals surface area (Å²) in [5.41, 5.74) is 0.835. The quantitative estimate of drug-likeness (QED) is 0.803. The first kappa shape index (κ1) is 20.0. The molecule has 156 valence electrons. The molecule has 9 heteroatoms. The van der Waals surface area contributed by atoms with Gasteiger partial charge in [0.15, 0.2) is 0 Å². The maximum Gasteiger partial charge on any atom is 0.243 e. The molecule has 4 rings (SSSR count). The fraction of sp³-hybridized carbons (Fsp3) is 0.500. The first-order chi connectivity index (χ1) is 13.9. The molecule has 1 amide bonds. The maximum absolute atomic E-state index is 13.1. The monoisotopic (exact) mass is 420 g/mol. The molecule has 3 heterocycles. The average Bonchev–Trinajstić information content (AvgIpc) is 3.15. The summed E-state index contributed by atoms with van der Waals surface area (Å²) < 4.78 is 42.2. The Balaban J connectivity index is 1.38. The van der Waals surface area contributed by atoms with Crippen LogP contribution in [0.4, 0.5) is 4.39 Å². The number of aromatic nitrogens is 2. The number of fused-ring (bicyclic) bond motifs is 1. The number of piperidine rings is 1. The van der Waals surface area contributed by atoms with Crippen LogP contribution in [0.1, 0.15) is 37.2 Å². The Morgan fingerprint density at radius 2 is 1.97 bits per heavy atom. The number of benzene rings is 1. The van der Waals surface area contributed by atoms with Crippen LogP contribution in [0.5, 0.6) is 0 Å². The molecule has 0 bridgehead atoms. The predicted molar refractivity (Wildman–Crippen MR) is 105 cm³/mol. The Morgan fingerprint density at radius 1 is 1.17 bits per heavy atom. The highest BCUT2D eigenvalue weighted by atomic mass is 32.2. The number of halogens is 1. The number of hydrogen-bond donors (Lipinski definition) is 1. The third kappa shape index (κ3) is 4.35. The lowest BCUT2D eigenvalue weighted by atomic mass is 9.99. The Morgan fingerprint density at radius 3 is 2.72 bits per heavy atom. The predicted octanol–water partition coefficient (Wildman–Crippen LogP) is 2.08. The van der Waals surface area contributed by atoms with Crippen molar-refractivity contribution < 1.29 is 17.6 Å². The molecule has 1 aromatic carbocycles. The van der Waals surface area contributed by atoms with Gasteiger partial charge in [-0.25, -0.2) is 17.8 Å².